The van der Waals surface area contributed by atoms with E-state index >= 15 is 0 Å². The van der Waals surface area contributed by atoms with E-state index in [-0.39, 0.29) is 12.1 Å². The maximum Gasteiger partial charge on any atom is 0.161 e. The van der Waals surface area contributed by atoms with Gasteiger partial charge in [0.25, 0.3) is 0 Å². The van der Waals surface area contributed by atoms with Gasteiger partial charge < -0.3 is 19.9 Å². The fourth-order valence-electron chi connectivity index (χ4n) is 3.44. The molecule has 2 aliphatic rings. The number of nitrogens with one attached hydrogen (secondary N) is 1. The van der Waals surface area contributed by atoms with E-state index in [9.17, 15) is 5.11 Å². The van der Waals surface area contributed by atoms with E-state index in [1.54, 1.807) is 6.07 Å². The van der Waals surface area contributed by atoms with Crippen molar-refractivity contribution >= 4 is 0 Å². The SMILES string of the molecule is Oc1ccc2c(c1)C(NCC1COc3ccccc3O1)CCC2. The van der Waals surface area contributed by atoms with Crippen molar-refractivity contribution in [2.45, 2.75) is 31.4 Å². The normalized spacial score (nSPS) is 22.4. The number of benzene rings is 2. The van der Waals surface area contributed by atoms with Crippen molar-refractivity contribution in [2.75, 3.05) is 13.2 Å². The van der Waals surface area contributed by atoms with Crippen molar-refractivity contribution in [1.82, 2.24) is 5.32 Å². The van der Waals surface area contributed by atoms with E-state index in [2.05, 4.69) is 5.32 Å². The molecule has 4 rings (SSSR count). The summed E-state index contributed by atoms with van der Waals surface area (Å²) in [4.78, 5) is 0. The zero-order valence-electron chi connectivity index (χ0n) is 13.0. The van der Waals surface area contributed by atoms with Crippen molar-refractivity contribution in [2.24, 2.45) is 0 Å². The lowest BCUT2D eigenvalue weighted by atomic mass is 9.87. The Balaban J connectivity index is 1.42. The Kier molecular flexibility index (Phi) is 3.83. The molecule has 0 aromatic heterocycles. The highest BCUT2D eigenvalue weighted by Crippen LogP contribution is 2.33. The second kappa shape index (κ2) is 6.13. The summed E-state index contributed by atoms with van der Waals surface area (Å²) in [7, 11) is 0. The first-order valence-corrected chi connectivity index (χ1v) is 8.23. The summed E-state index contributed by atoms with van der Waals surface area (Å²) in [5.41, 5.74) is 2.55. The Morgan fingerprint density at radius 2 is 2.00 bits per heavy atom. The van der Waals surface area contributed by atoms with Gasteiger partial charge >= 0.3 is 0 Å². The van der Waals surface area contributed by atoms with Gasteiger partial charge in [-0.25, -0.2) is 0 Å². The van der Waals surface area contributed by atoms with Gasteiger partial charge in [0, 0.05) is 12.6 Å². The van der Waals surface area contributed by atoms with Crippen LogP contribution in [0.25, 0.3) is 0 Å². The number of aryl methyl sites for hydroxylation is 1. The monoisotopic (exact) mass is 311 g/mol. The summed E-state index contributed by atoms with van der Waals surface area (Å²) in [5.74, 6) is 1.97. The molecule has 23 heavy (non-hydrogen) atoms. The Hall–Kier alpha value is -2.20. The van der Waals surface area contributed by atoms with Gasteiger partial charge in [-0.05, 0) is 54.7 Å². The lowest BCUT2D eigenvalue weighted by molar-refractivity contribution is 0.0876. The van der Waals surface area contributed by atoms with Crippen LogP contribution in [0.3, 0.4) is 0 Å². The van der Waals surface area contributed by atoms with Crippen LogP contribution in [-0.4, -0.2) is 24.4 Å². The number of hydrogen-bond acceptors (Lipinski definition) is 4. The predicted octanol–water partition coefficient (Wildman–Crippen LogP) is 3.20. The van der Waals surface area contributed by atoms with Crippen molar-refractivity contribution in [3.63, 3.8) is 0 Å². The van der Waals surface area contributed by atoms with E-state index < -0.39 is 0 Å². The van der Waals surface area contributed by atoms with E-state index in [4.69, 9.17) is 9.47 Å². The van der Waals surface area contributed by atoms with E-state index in [1.807, 2.05) is 36.4 Å². The van der Waals surface area contributed by atoms with Crippen LogP contribution >= 0.6 is 0 Å². The third kappa shape index (κ3) is 2.99. The van der Waals surface area contributed by atoms with E-state index in [0.717, 1.165) is 30.9 Å². The topological polar surface area (TPSA) is 50.7 Å². The minimum absolute atomic E-state index is 0.00702. The van der Waals surface area contributed by atoms with Crippen LogP contribution in [0.2, 0.25) is 0 Å². The molecular weight excluding hydrogens is 290 g/mol. The molecule has 1 heterocycles. The zero-order valence-corrected chi connectivity index (χ0v) is 13.0. The van der Waals surface area contributed by atoms with Crippen LogP contribution < -0.4 is 14.8 Å². The molecule has 4 nitrogen and oxygen atoms in total. The second-order valence-electron chi connectivity index (χ2n) is 6.23. The van der Waals surface area contributed by atoms with Crippen molar-refractivity contribution in [3.05, 3.63) is 53.6 Å². The third-order valence-electron chi connectivity index (χ3n) is 4.60. The molecule has 120 valence electrons. The average Bonchev–Trinajstić information content (AvgIpc) is 2.59. The van der Waals surface area contributed by atoms with E-state index in [0.29, 0.717) is 12.4 Å². The smallest absolute Gasteiger partial charge is 0.161 e. The maximum atomic E-state index is 9.76. The summed E-state index contributed by atoms with van der Waals surface area (Å²) >= 11 is 0. The Morgan fingerprint density at radius 1 is 1.13 bits per heavy atom. The molecule has 2 aromatic rings. The highest BCUT2D eigenvalue weighted by Gasteiger charge is 2.24. The van der Waals surface area contributed by atoms with Gasteiger partial charge in [0.05, 0.1) is 0 Å². The average molecular weight is 311 g/mol. The standard InChI is InChI=1S/C19H21NO3/c21-14-9-8-13-4-3-5-17(16(13)10-14)20-11-15-12-22-18-6-1-2-7-19(18)23-15/h1-2,6-10,15,17,20-21H,3-5,11-12H2. The molecule has 2 N–H and O–H groups in total. The van der Waals surface area contributed by atoms with Crippen molar-refractivity contribution in [1.29, 1.82) is 0 Å². The number of hydrogen-bond donors (Lipinski definition) is 2. The lowest BCUT2D eigenvalue weighted by Crippen LogP contribution is -2.40. The number of aromatic hydroxyl groups is 1. The summed E-state index contributed by atoms with van der Waals surface area (Å²) < 4.78 is 11.8. The van der Waals surface area contributed by atoms with E-state index in [1.165, 1.54) is 17.5 Å². The molecule has 2 atom stereocenters. The van der Waals surface area contributed by atoms with Crippen LogP contribution in [0.1, 0.15) is 30.0 Å². The predicted molar refractivity (Wildman–Crippen MR) is 88.1 cm³/mol. The molecule has 0 saturated carbocycles. The first kappa shape index (κ1) is 14.4. The molecule has 0 saturated heterocycles. The van der Waals surface area contributed by atoms with Gasteiger partial charge in [-0.1, -0.05) is 18.2 Å². The van der Waals surface area contributed by atoms with Gasteiger partial charge in [-0.15, -0.1) is 0 Å². The van der Waals surface area contributed by atoms with Crippen molar-refractivity contribution in [3.8, 4) is 17.2 Å². The highest BCUT2D eigenvalue weighted by molar-refractivity contribution is 5.41. The fourth-order valence-corrected chi connectivity index (χ4v) is 3.44. The molecule has 0 spiro atoms. The summed E-state index contributed by atoms with van der Waals surface area (Å²) in [6.07, 6.45) is 3.35. The number of rotatable bonds is 3. The minimum atomic E-state index is 0.00702. The molecule has 1 aliphatic heterocycles. The zero-order chi connectivity index (χ0) is 15.6. The number of phenolic OH excluding ortho intramolecular Hbond substituents is 1. The molecule has 0 fully saturated rings. The van der Waals surface area contributed by atoms with Gasteiger partial charge in [0.1, 0.15) is 18.5 Å². The molecule has 0 bridgehead atoms. The Labute approximate surface area is 136 Å². The number of fused-ring (bicyclic) bond motifs is 2. The summed E-state index contributed by atoms with van der Waals surface area (Å²) in [6.45, 7) is 1.29. The van der Waals surface area contributed by atoms with Crippen LogP contribution in [0, 0.1) is 0 Å². The molecular formula is C19H21NO3. The quantitative estimate of drug-likeness (QED) is 0.914. The van der Waals surface area contributed by atoms with Gasteiger partial charge in [-0.3, -0.25) is 0 Å². The van der Waals surface area contributed by atoms with Crippen LogP contribution in [0.15, 0.2) is 42.5 Å². The largest absolute Gasteiger partial charge is 0.508 e. The first-order chi connectivity index (χ1) is 11.3. The lowest BCUT2D eigenvalue weighted by Gasteiger charge is -2.31. The molecule has 4 heteroatoms. The molecule has 0 radical (unpaired) electrons. The second-order valence-corrected chi connectivity index (χ2v) is 6.23. The molecule has 2 unspecified atom stereocenters. The summed E-state index contributed by atoms with van der Waals surface area (Å²) in [6, 6.07) is 13.7. The summed E-state index contributed by atoms with van der Waals surface area (Å²) in [5, 5.41) is 13.3. The van der Waals surface area contributed by atoms with Gasteiger partial charge in [-0.2, -0.15) is 0 Å². The Morgan fingerprint density at radius 3 is 2.91 bits per heavy atom. The van der Waals surface area contributed by atoms with Crippen LogP contribution in [0.5, 0.6) is 17.2 Å². The molecule has 0 amide bonds. The highest BCUT2D eigenvalue weighted by atomic mass is 16.6. The Bertz CT molecular complexity index is 701. The van der Waals surface area contributed by atoms with Crippen LogP contribution in [-0.2, 0) is 6.42 Å². The van der Waals surface area contributed by atoms with Crippen molar-refractivity contribution < 1.29 is 14.6 Å². The number of ether oxygens (including phenoxy) is 2. The van der Waals surface area contributed by atoms with Gasteiger partial charge in [0.2, 0.25) is 0 Å². The molecule has 2 aromatic carbocycles. The number of phenols is 1. The maximum absolute atomic E-state index is 9.76. The molecule has 1 aliphatic carbocycles. The van der Waals surface area contributed by atoms with Crippen LogP contribution in [0.4, 0.5) is 0 Å². The fraction of sp³-hybridized carbons (Fsp3) is 0.368. The first-order valence-electron chi connectivity index (χ1n) is 8.23. The minimum Gasteiger partial charge on any atom is -0.508 e. The van der Waals surface area contributed by atoms with Gasteiger partial charge in [0.15, 0.2) is 11.5 Å². The third-order valence-corrected chi connectivity index (χ3v) is 4.60. The number of para-hydroxylation sites is 2.